The van der Waals surface area contributed by atoms with Crippen molar-refractivity contribution < 1.29 is 38.7 Å². The molecule has 6 fully saturated rings. The van der Waals surface area contributed by atoms with Gasteiger partial charge in [0.05, 0.1) is 42.6 Å². The molecule has 1 spiro atoms. The highest BCUT2D eigenvalue weighted by Gasteiger charge is 2.91. The number of benzene rings is 1. The van der Waals surface area contributed by atoms with E-state index in [1.807, 2.05) is 0 Å². The van der Waals surface area contributed by atoms with Crippen molar-refractivity contribution in [3.8, 4) is 0 Å². The Kier molecular flexibility index (Phi) is 6.62. The summed E-state index contributed by atoms with van der Waals surface area (Å²) in [5, 5.41) is 26.3. The molecule has 1 saturated heterocycles. The van der Waals surface area contributed by atoms with Crippen LogP contribution < -0.4 is 5.73 Å². The number of rotatable bonds is 8. The Bertz CT molecular complexity index is 1250. The third-order valence-corrected chi connectivity index (χ3v) is 13.0. The molecule has 10 heteroatoms. The highest BCUT2D eigenvalue weighted by atomic mass is 16.5. The van der Waals surface area contributed by atoms with Gasteiger partial charge < -0.3 is 39.6 Å². The van der Waals surface area contributed by atoms with Crippen LogP contribution in [0.1, 0.15) is 43.0 Å². The molecular formula is C32H46N2O8. The van der Waals surface area contributed by atoms with Crippen molar-refractivity contribution in [2.45, 2.75) is 74.3 Å². The second kappa shape index (κ2) is 9.60. The van der Waals surface area contributed by atoms with Crippen molar-refractivity contribution in [1.29, 1.82) is 0 Å². The Balaban J connectivity index is 1.41. The van der Waals surface area contributed by atoms with Crippen LogP contribution in [0.25, 0.3) is 0 Å². The van der Waals surface area contributed by atoms with Crippen molar-refractivity contribution in [2.24, 2.45) is 34.5 Å². The number of nitrogen functional groups attached to an aromatic ring is 1. The number of nitrogens with zero attached hydrogens (tertiary/aromatic N) is 1. The Hall–Kier alpha value is -1.79. The summed E-state index contributed by atoms with van der Waals surface area (Å²) < 4.78 is 31.1. The molecule has 1 heterocycles. The lowest BCUT2D eigenvalue weighted by Crippen LogP contribution is -2.82. The fraction of sp³-hybridized carbons (Fsp3) is 0.781. The molecule has 13 atom stereocenters. The summed E-state index contributed by atoms with van der Waals surface area (Å²) in [6.45, 7) is 3.54. The van der Waals surface area contributed by atoms with Crippen molar-refractivity contribution in [1.82, 2.24) is 4.90 Å². The number of carbonyl (C=O) groups is 1. The number of hydrogen-bond donors (Lipinski definition) is 3. The number of ether oxygens (including phenoxy) is 5. The standard InChI is InChI=1S/C32H46N2O8/c1-6-34-15-29(16-42-27(35)17-9-7-8-10-20(17)33)12-11-22(39-3)31-19-13-18-21(38-2)14-30(36,23(19)24(18)40-4)32(37,28(31)34)26(41-5)25(29)31/h7-10,18-19,21-26,28,36-37H,6,11-16,33H2,1-5H3/t18-,19?,21+,22+,23?,24+,25?,26+,28+,29+,30-,31?,32?/m1/s1. The molecule has 4 N–H and O–H groups in total. The Morgan fingerprint density at radius 3 is 2.50 bits per heavy atom. The van der Waals surface area contributed by atoms with E-state index in [4.69, 9.17) is 29.4 Å². The predicted octanol–water partition coefficient (Wildman–Crippen LogP) is 1.72. The molecule has 7 rings (SSSR count). The third-order valence-electron chi connectivity index (χ3n) is 13.0. The minimum atomic E-state index is -1.62. The van der Waals surface area contributed by atoms with E-state index in [9.17, 15) is 15.0 Å². The number of anilines is 1. The van der Waals surface area contributed by atoms with E-state index in [0.717, 1.165) is 19.3 Å². The summed E-state index contributed by atoms with van der Waals surface area (Å²) in [5.41, 5.74) is 2.65. The normalized spacial score (nSPS) is 50.1. The van der Waals surface area contributed by atoms with Gasteiger partial charge in [0.2, 0.25) is 0 Å². The molecule has 10 nitrogen and oxygen atoms in total. The first-order valence-corrected chi connectivity index (χ1v) is 15.5. The van der Waals surface area contributed by atoms with Crippen LogP contribution in [-0.2, 0) is 23.7 Å². The summed E-state index contributed by atoms with van der Waals surface area (Å²) in [6, 6.07) is 6.55. The van der Waals surface area contributed by atoms with Crippen LogP contribution in [0.3, 0.4) is 0 Å². The number of hydrogen-bond acceptors (Lipinski definition) is 10. The number of likely N-dealkylation sites (N-methyl/N-ethyl adjacent to an activating group) is 1. The third kappa shape index (κ3) is 3.12. The summed E-state index contributed by atoms with van der Waals surface area (Å²) >= 11 is 0. The van der Waals surface area contributed by atoms with E-state index in [1.165, 1.54) is 0 Å². The van der Waals surface area contributed by atoms with Gasteiger partial charge in [-0.05, 0) is 43.9 Å². The molecule has 1 aliphatic heterocycles. The maximum Gasteiger partial charge on any atom is 0.340 e. The second-order valence-electron chi connectivity index (χ2n) is 13.8. The van der Waals surface area contributed by atoms with Crippen LogP contribution >= 0.6 is 0 Å². The molecule has 5 aliphatic carbocycles. The van der Waals surface area contributed by atoms with Crippen LogP contribution in [0.2, 0.25) is 0 Å². The maximum absolute atomic E-state index is 13.4. The van der Waals surface area contributed by atoms with Crippen molar-refractivity contribution in [2.75, 3.05) is 53.9 Å². The number of aliphatic hydroxyl groups is 2. The Morgan fingerprint density at radius 1 is 1.10 bits per heavy atom. The molecular weight excluding hydrogens is 540 g/mol. The van der Waals surface area contributed by atoms with Crippen molar-refractivity contribution in [3.05, 3.63) is 29.8 Å². The van der Waals surface area contributed by atoms with E-state index in [-0.39, 0.29) is 48.6 Å². The quantitative estimate of drug-likeness (QED) is 0.306. The van der Waals surface area contributed by atoms with Crippen molar-refractivity contribution in [3.63, 3.8) is 0 Å². The number of piperidine rings is 1. The van der Waals surface area contributed by atoms with Gasteiger partial charge in [0.1, 0.15) is 11.2 Å². The SMILES string of the molecule is CCN1C[C@]2(COC(=O)c3ccccc3N)CC[C@H](OC)C34C5C[C@@H]6[C@@H](OC)C[C@@](O)(C5[C@H]6OC)C(O)([C@@H](OC)C32)[C@@H]14. The van der Waals surface area contributed by atoms with Gasteiger partial charge in [-0.15, -0.1) is 0 Å². The first kappa shape index (κ1) is 29.0. The monoisotopic (exact) mass is 586 g/mol. The lowest BCUT2D eigenvalue weighted by atomic mass is 9.42. The largest absolute Gasteiger partial charge is 0.461 e. The lowest BCUT2D eigenvalue weighted by Gasteiger charge is -2.70. The number of fused-ring (bicyclic) bond motifs is 2. The molecule has 232 valence electrons. The fourth-order valence-corrected chi connectivity index (χ4v) is 12.0. The van der Waals surface area contributed by atoms with E-state index in [1.54, 1.807) is 52.7 Å². The minimum absolute atomic E-state index is 0.00697. The fourth-order valence-electron chi connectivity index (χ4n) is 12.0. The molecule has 0 amide bonds. The number of likely N-dealkylation sites (tertiary alicyclic amines) is 1. The molecule has 42 heavy (non-hydrogen) atoms. The molecule has 1 aromatic rings. The van der Waals surface area contributed by atoms with E-state index < -0.39 is 40.1 Å². The van der Waals surface area contributed by atoms with Gasteiger partial charge in [0.25, 0.3) is 0 Å². The molecule has 5 saturated carbocycles. The average Bonchev–Trinajstić information content (AvgIpc) is 3.41. The van der Waals surface area contributed by atoms with Gasteiger partial charge in [0, 0.05) is 75.7 Å². The molecule has 5 unspecified atom stereocenters. The minimum Gasteiger partial charge on any atom is -0.461 e. The predicted molar refractivity (Wildman–Crippen MR) is 153 cm³/mol. The van der Waals surface area contributed by atoms with Crippen LogP contribution in [0, 0.1) is 34.5 Å². The summed E-state index contributed by atoms with van der Waals surface area (Å²) in [6.07, 6.45) is 1.22. The summed E-state index contributed by atoms with van der Waals surface area (Å²) in [7, 11) is 6.80. The first-order valence-electron chi connectivity index (χ1n) is 15.5. The molecule has 0 aromatic heterocycles. The average molecular weight is 587 g/mol. The molecule has 0 radical (unpaired) electrons. The number of para-hydroxylation sites is 1. The van der Waals surface area contributed by atoms with Gasteiger partial charge in [-0.1, -0.05) is 19.1 Å². The van der Waals surface area contributed by atoms with Crippen LogP contribution in [0.4, 0.5) is 5.69 Å². The number of methoxy groups -OCH3 is 4. The topological polar surface area (TPSA) is 133 Å². The second-order valence-corrected chi connectivity index (χ2v) is 13.8. The smallest absolute Gasteiger partial charge is 0.340 e. The highest BCUT2D eigenvalue weighted by molar-refractivity contribution is 5.95. The van der Waals surface area contributed by atoms with Gasteiger partial charge in [0.15, 0.2) is 0 Å². The number of nitrogens with two attached hydrogens (primary N) is 1. The number of carbonyl (C=O) groups excluding carboxylic acids is 1. The molecule has 1 aromatic carbocycles. The zero-order valence-electron chi connectivity index (χ0n) is 25.3. The Morgan fingerprint density at radius 2 is 1.86 bits per heavy atom. The van der Waals surface area contributed by atoms with Gasteiger partial charge in [-0.25, -0.2) is 4.79 Å². The van der Waals surface area contributed by atoms with E-state index in [0.29, 0.717) is 30.8 Å². The maximum atomic E-state index is 13.4. The van der Waals surface area contributed by atoms with Crippen LogP contribution in [0.15, 0.2) is 24.3 Å². The van der Waals surface area contributed by atoms with E-state index >= 15 is 0 Å². The van der Waals surface area contributed by atoms with Gasteiger partial charge >= 0.3 is 5.97 Å². The molecule has 7 bridgehead atoms. The summed E-state index contributed by atoms with van der Waals surface area (Å²) in [5.74, 6) is -0.892. The lowest BCUT2D eigenvalue weighted by molar-refractivity contribution is -0.320. The Labute approximate surface area is 247 Å². The number of esters is 1. The molecule has 6 aliphatic rings. The summed E-state index contributed by atoms with van der Waals surface area (Å²) in [4.78, 5) is 15.7. The zero-order valence-corrected chi connectivity index (χ0v) is 25.3. The van der Waals surface area contributed by atoms with Gasteiger partial charge in [-0.2, -0.15) is 0 Å². The van der Waals surface area contributed by atoms with Crippen molar-refractivity contribution >= 4 is 11.7 Å². The van der Waals surface area contributed by atoms with E-state index in [2.05, 4.69) is 11.8 Å². The first-order chi connectivity index (χ1) is 20.1. The van der Waals surface area contributed by atoms with Crippen LogP contribution in [-0.4, -0.2) is 111 Å². The highest BCUT2D eigenvalue weighted by Crippen LogP contribution is 2.80. The van der Waals surface area contributed by atoms with Gasteiger partial charge in [-0.3, -0.25) is 4.90 Å². The van der Waals surface area contributed by atoms with Crippen LogP contribution in [0.5, 0.6) is 0 Å². The zero-order chi connectivity index (χ0) is 29.8.